The second-order valence-corrected chi connectivity index (χ2v) is 7.23. The van der Waals surface area contributed by atoms with E-state index in [2.05, 4.69) is 6.58 Å². The molecule has 1 heterocycles. The van der Waals surface area contributed by atoms with Crippen molar-refractivity contribution in [2.75, 3.05) is 13.2 Å². The lowest BCUT2D eigenvalue weighted by molar-refractivity contribution is -0.153. The van der Waals surface area contributed by atoms with Crippen molar-refractivity contribution in [2.24, 2.45) is 0 Å². The zero-order valence-corrected chi connectivity index (χ0v) is 15.5. The first-order chi connectivity index (χ1) is 11.7. The van der Waals surface area contributed by atoms with Crippen LogP contribution in [0, 0.1) is 0 Å². The van der Waals surface area contributed by atoms with Crippen LogP contribution in [-0.4, -0.2) is 41.3 Å². The number of esters is 1. The molecule has 1 saturated heterocycles. The van der Waals surface area contributed by atoms with E-state index in [0.717, 1.165) is 5.56 Å². The van der Waals surface area contributed by atoms with E-state index in [9.17, 15) is 9.59 Å². The molecule has 5 heteroatoms. The molecule has 0 aromatic heterocycles. The summed E-state index contributed by atoms with van der Waals surface area (Å²) in [7, 11) is 0. The molecular weight excluding hydrogens is 318 g/mol. The minimum atomic E-state index is -1.22. The average Bonchev–Trinajstić information content (AvgIpc) is 2.85. The Kier molecular flexibility index (Phi) is 5.55. The third kappa shape index (κ3) is 4.03. The van der Waals surface area contributed by atoms with E-state index in [-0.39, 0.29) is 6.61 Å². The summed E-state index contributed by atoms with van der Waals surface area (Å²) in [5, 5.41) is 0. The van der Waals surface area contributed by atoms with Crippen LogP contribution in [0.1, 0.15) is 39.7 Å². The summed E-state index contributed by atoms with van der Waals surface area (Å²) < 4.78 is 10.9. The van der Waals surface area contributed by atoms with Gasteiger partial charge >= 0.3 is 12.1 Å². The predicted octanol–water partition coefficient (Wildman–Crippen LogP) is 3.73. The van der Waals surface area contributed by atoms with Gasteiger partial charge in [0.2, 0.25) is 0 Å². The monoisotopic (exact) mass is 345 g/mol. The number of carbonyl (C=O) groups excluding carboxylic acids is 2. The molecule has 1 atom stereocenters. The highest BCUT2D eigenvalue weighted by atomic mass is 16.6. The number of rotatable bonds is 4. The summed E-state index contributed by atoms with van der Waals surface area (Å²) in [6, 6.07) is 9.59. The molecule has 1 aliphatic rings. The van der Waals surface area contributed by atoms with Gasteiger partial charge in [-0.05, 0) is 45.3 Å². The first kappa shape index (κ1) is 19.0. The Hall–Kier alpha value is -2.30. The maximum absolute atomic E-state index is 12.9. The van der Waals surface area contributed by atoms with E-state index in [4.69, 9.17) is 9.47 Å². The van der Waals surface area contributed by atoms with Gasteiger partial charge in [0.15, 0.2) is 5.54 Å². The molecular formula is C20H27NO4. The molecule has 0 N–H and O–H groups in total. The fourth-order valence-electron chi connectivity index (χ4n) is 3.09. The Morgan fingerprint density at radius 3 is 2.44 bits per heavy atom. The van der Waals surface area contributed by atoms with Crippen LogP contribution >= 0.6 is 0 Å². The molecule has 1 aromatic rings. The van der Waals surface area contributed by atoms with E-state index in [1.807, 2.05) is 30.3 Å². The van der Waals surface area contributed by atoms with Crippen LogP contribution in [0.3, 0.4) is 0 Å². The minimum absolute atomic E-state index is 0.241. The van der Waals surface area contributed by atoms with Crippen LogP contribution in [-0.2, 0) is 20.7 Å². The van der Waals surface area contributed by atoms with Crippen molar-refractivity contribution in [3.63, 3.8) is 0 Å². The van der Waals surface area contributed by atoms with Gasteiger partial charge in [-0.25, -0.2) is 9.59 Å². The first-order valence-electron chi connectivity index (χ1n) is 8.60. The van der Waals surface area contributed by atoms with Crippen molar-refractivity contribution in [1.82, 2.24) is 4.90 Å². The summed E-state index contributed by atoms with van der Waals surface area (Å²) in [6.45, 7) is 11.9. The molecule has 2 rings (SSSR count). The Morgan fingerprint density at radius 1 is 1.24 bits per heavy atom. The van der Waals surface area contributed by atoms with Crippen LogP contribution in [0.25, 0.3) is 0 Å². The van der Waals surface area contributed by atoms with E-state index in [1.165, 1.54) is 4.90 Å². The molecule has 1 fully saturated rings. The largest absolute Gasteiger partial charge is 0.464 e. The fraction of sp³-hybridized carbons (Fsp3) is 0.500. The highest BCUT2D eigenvalue weighted by Crippen LogP contribution is 2.38. The van der Waals surface area contributed by atoms with Crippen LogP contribution in [0.4, 0.5) is 4.79 Å². The standard InChI is InChI=1S/C20H27NO4/c1-6-24-17(22)20(14-16-10-8-7-9-11-16)15(2)12-13-21(20)18(23)25-19(3,4)5/h7-11H,2,6,12-14H2,1,3-5H3. The third-order valence-electron chi connectivity index (χ3n) is 4.21. The fourth-order valence-corrected chi connectivity index (χ4v) is 3.09. The smallest absolute Gasteiger partial charge is 0.411 e. The number of carbonyl (C=O) groups is 2. The van der Waals surface area contributed by atoms with Crippen molar-refractivity contribution in [3.05, 3.63) is 48.0 Å². The topological polar surface area (TPSA) is 55.8 Å². The van der Waals surface area contributed by atoms with Crippen molar-refractivity contribution >= 4 is 12.1 Å². The van der Waals surface area contributed by atoms with Crippen LogP contribution in [0.5, 0.6) is 0 Å². The highest BCUT2D eigenvalue weighted by molar-refractivity contribution is 5.91. The second kappa shape index (κ2) is 7.30. The van der Waals surface area contributed by atoms with Gasteiger partial charge in [-0.3, -0.25) is 4.90 Å². The molecule has 1 aliphatic heterocycles. The van der Waals surface area contributed by atoms with Crippen molar-refractivity contribution < 1.29 is 19.1 Å². The van der Waals surface area contributed by atoms with E-state index in [0.29, 0.717) is 25.0 Å². The number of hydrogen-bond acceptors (Lipinski definition) is 4. The lowest BCUT2D eigenvalue weighted by Gasteiger charge is -2.37. The lowest BCUT2D eigenvalue weighted by atomic mass is 9.85. The summed E-state index contributed by atoms with van der Waals surface area (Å²) in [6.07, 6.45) is 0.352. The van der Waals surface area contributed by atoms with Gasteiger partial charge in [0.05, 0.1) is 6.61 Å². The normalized spacial score (nSPS) is 20.5. The Bertz CT molecular complexity index is 647. The van der Waals surface area contributed by atoms with E-state index >= 15 is 0 Å². The molecule has 25 heavy (non-hydrogen) atoms. The zero-order chi connectivity index (χ0) is 18.7. The lowest BCUT2D eigenvalue weighted by Crippen LogP contribution is -2.57. The van der Waals surface area contributed by atoms with Gasteiger partial charge in [0.25, 0.3) is 0 Å². The van der Waals surface area contributed by atoms with Gasteiger partial charge in [-0.15, -0.1) is 0 Å². The summed E-state index contributed by atoms with van der Waals surface area (Å²) >= 11 is 0. The molecule has 136 valence electrons. The maximum Gasteiger partial charge on any atom is 0.411 e. The SMILES string of the molecule is C=C1CCN(C(=O)OC(C)(C)C)C1(Cc1ccccc1)C(=O)OCC. The Morgan fingerprint density at radius 2 is 1.88 bits per heavy atom. The zero-order valence-electron chi connectivity index (χ0n) is 15.5. The van der Waals surface area contributed by atoms with Crippen LogP contribution in [0.15, 0.2) is 42.5 Å². The minimum Gasteiger partial charge on any atom is -0.464 e. The van der Waals surface area contributed by atoms with E-state index in [1.54, 1.807) is 27.7 Å². The van der Waals surface area contributed by atoms with E-state index < -0.39 is 23.2 Å². The number of ether oxygens (including phenoxy) is 2. The molecule has 0 spiro atoms. The number of nitrogens with zero attached hydrogens (tertiary/aromatic N) is 1. The molecule has 0 saturated carbocycles. The molecule has 1 aromatic carbocycles. The summed E-state index contributed by atoms with van der Waals surface area (Å²) in [5.41, 5.74) is -0.249. The average molecular weight is 345 g/mol. The number of benzene rings is 1. The van der Waals surface area contributed by atoms with Crippen LogP contribution < -0.4 is 0 Å². The Labute approximate surface area is 149 Å². The molecule has 1 unspecified atom stereocenters. The molecule has 0 aliphatic carbocycles. The van der Waals surface area contributed by atoms with Crippen molar-refractivity contribution in [3.8, 4) is 0 Å². The van der Waals surface area contributed by atoms with Crippen LogP contribution in [0.2, 0.25) is 0 Å². The summed E-state index contributed by atoms with van der Waals surface area (Å²) in [4.78, 5) is 27.2. The highest BCUT2D eigenvalue weighted by Gasteiger charge is 2.54. The quantitative estimate of drug-likeness (QED) is 0.616. The van der Waals surface area contributed by atoms with Gasteiger partial charge in [0, 0.05) is 13.0 Å². The molecule has 1 amide bonds. The maximum atomic E-state index is 12.9. The molecule has 5 nitrogen and oxygen atoms in total. The predicted molar refractivity (Wildman–Crippen MR) is 96.2 cm³/mol. The Balaban J connectivity index is 2.44. The first-order valence-corrected chi connectivity index (χ1v) is 8.60. The third-order valence-corrected chi connectivity index (χ3v) is 4.21. The van der Waals surface area contributed by atoms with Gasteiger partial charge < -0.3 is 9.47 Å². The number of hydrogen-bond donors (Lipinski definition) is 0. The summed E-state index contributed by atoms with van der Waals surface area (Å²) in [5.74, 6) is -0.452. The molecule has 0 bridgehead atoms. The second-order valence-electron chi connectivity index (χ2n) is 7.23. The molecule has 0 radical (unpaired) electrons. The van der Waals surface area contributed by atoms with Gasteiger partial charge in [-0.2, -0.15) is 0 Å². The van der Waals surface area contributed by atoms with Gasteiger partial charge in [-0.1, -0.05) is 36.9 Å². The van der Waals surface area contributed by atoms with Gasteiger partial charge in [0.1, 0.15) is 5.60 Å². The van der Waals surface area contributed by atoms with Crippen molar-refractivity contribution in [2.45, 2.75) is 51.7 Å². The number of likely N-dealkylation sites (tertiary alicyclic amines) is 1. The number of amides is 1. The van der Waals surface area contributed by atoms with Crippen molar-refractivity contribution in [1.29, 1.82) is 0 Å².